The molecule has 3 rings (SSSR count). The molecule has 1 aliphatic rings. The van der Waals surface area contributed by atoms with Crippen LogP contribution in [0.2, 0.25) is 0 Å². The van der Waals surface area contributed by atoms with Gasteiger partial charge in [0.05, 0.1) is 0 Å². The van der Waals surface area contributed by atoms with E-state index < -0.39 is 34.1 Å². The molecule has 0 aliphatic carbocycles. The number of hydrogen-bond acceptors (Lipinski definition) is 6. The lowest BCUT2D eigenvalue weighted by atomic mass is 9.95. The van der Waals surface area contributed by atoms with E-state index in [1.165, 1.54) is 23.7 Å². The number of piperazine rings is 1. The summed E-state index contributed by atoms with van der Waals surface area (Å²) in [7, 11) is 3.45. The first kappa shape index (κ1) is 24.4. The SMILES string of the molecule is CN1CCN(C(=O)c2cc(F)ccc2CNC(=O)c2nc(C(C)(C)C)n(C)c(=O)c2O)CC1. The van der Waals surface area contributed by atoms with Gasteiger partial charge in [0.2, 0.25) is 5.75 Å². The monoisotopic (exact) mass is 459 g/mol. The molecule has 0 unspecified atom stereocenters. The van der Waals surface area contributed by atoms with Crippen molar-refractivity contribution in [2.45, 2.75) is 32.7 Å². The number of carbonyl (C=O) groups is 2. The van der Waals surface area contributed by atoms with Crippen LogP contribution in [-0.4, -0.2) is 69.5 Å². The third-order valence-electron chi connectivity index (χ3n) is 5.69. The van der Waals surface area contributed by atoms with Crippen molar-refractivity contribution in [3.63, 3.8) is 0 Å². The molecule has 1 aromatic carbocycles. The van der Waals surface area contributed by atoms with E-state index in [0.717, 1.165) is 19.2 Å². The zero-order valence-electron chi connectivity index (χ0n) is 19.6. The second-order valence-corrected chi connectivity index (χ2v) is 9.33. The summed E-state index contributed by atoms with van der Waals surface area (Å²) in [4.78, 5) is 46.2. The average Bonchev–Trinajstić information content (AvgIpc) is 2.75. The van der Waals surface area contributed by atoms with Gasteiger partial charge in [-0.1, -0.05) is 26.8 Å². The number of likely N-dealkylation sites (N-methyl/N-ethyl adjacent to an activating group) is 1. The van der Waals surface area contributed by atoms with Crippen LogP contribution in [0.25, 0.3) is 0 Å². The van der Waals surface area contributed by atoms with E-state index in [1.54, 1.807) is 4.90 Å². The van der Waals surface area contributed by atoms with Crippen molar-refractivity contribution in [3.8, 4) is 5.75 Å². The number of aromatic hydroxyl groups is 1. The summed E-state index contributed by atoms with van der Waals surface area (Å²) in [5.74, 6) is -2.04. The molecule has 2 aromatic rings. The molecule has 9 nitrogen and oxygen atoms in total. The maximum Gasteiger partial charge on any atom is 0.296 e. The van der Waals surface area contributed by atoms with Crippen molar-refractivity contribution in [3.05, 3.63) is 57.0 Å². The largest absolute Gasteiger partial charge is 0.501 e. The topological polar surface area (TPSA) is 108 Å². The van der Waals surface area contributed by atoms with E-state index >= 15 is 0 Å². The highest BCUT2D eigenvalue weighted by atomic mass is 19.1. The van der Waals surface area contributed by atoms with Crippen molar-refractivity contribution in [2.75, 3.05) is 33.2 Å². The lowest BCUT2D eigenvalue weighted by Crippen LogP contribution is -2.47. The van der Waals surface area contributed by atoms with E-state index in [1.807, 2.05) is 27.8 Å². The Labute approximate surface area is 191 Å². The Kier molecular flexibility index (Phi) is 6.87. The zero-order valence-corrected chi connectivity index (χ0v) is 19.6. The lowest BCUT2D eigenvalue weighted by Gasteiger charge is -2.32. The summed E-state index contributed by atoms with van der Waals surface area (Å²) in [6, 6.07) is 3.82. The summed E-state index contributed by atoms with van der Waals surface area (Å²) in [5, 5.41) is 12.8. The highest BCUT2D eigenvalue weighted by molar-refractivity contribution is 5.97. The molecule has 1 fully saturated rings. The normalized spacial score (nSPS) is 14.9. The van der Waals surface area contributed by atoms with E-state index in [9.17, 15) is 23.9 Å². The standard InChI is InChI=1S/C23H30FN5O4/c1-23(2,3)22-26-17(18(30)21(33)28(22)5)19(31)25-13-14-6-7-15(24)12-16(14)20(32)29-10-8-27(4)9-11-29/h6-7,12,30H,8-11,13H2,1-5H3,(H,25,31). The van der Waals surface area contributed by atoms with Crippen LogP contribution in [0.15, 0.2) is 23.0 Å². The van der Waals surface area contributed by atoms with Crippen LogP contribution in [0.4, 0.5) is 4.39 Å². The summed E-state index contributed by atoms with van der Waals surface area (Å²) < 4.78 is 15.2. The maximum absolute atomic E-state index is 13.9. The molecule has 0 saturated carbocycles. The molecule has 178 valence electrons. The van der Waals surface area contributed by atoms with E-state index in [0.29, 0.717) is 24.5 Å². The molecule has 2 amide bonds. The maximum atomic E-state index is 13.9. The Morgan fingerprint density at radius 3 is 2.39 bits per heavy atom. The molecular weight excluding hydrogens is 429 g/mol. The fourth-order valence-electron chi connectivity index (χ4n) is 3.76. The fourth-order valence-corrected chi connectivity index (χ4v) is 3.76. The van der Waals surface area contributed by atoms with E-state index in [2.05, 4.69) is 15.2 Å². The molecule has 2 heterocycles. The predicted octanol–water partition coefficient (Wildman–Crippen LogP) is 1.24. The van der Waals surface area contributed by atoms with Gasteiger partial charge in [-0.3, -0.25) is 19.0 Å². The Morgan fingerprint density at radius 2 is 1.79 bits per heavy atom. The van der Waals surface area contributed by atoms with Gasteiger partial charge in [0.15, 0.2) is 5.69 Å². The molecule has 0 radical (unpaired) electrons. The van der Waals surface area contributed by atoms with E-state index in [4.69, 9.17) is 0 Å². The van der Waals surface area contributed by atoms with Crippen LogP contribution >= 0.6 is 0 Å². The minimum Gasteiger partial charge on any atom is -0.501 e. The number of nitrogens with zero attached hydrogens (tertiary/aromatic N) is 4. The summed E-state index contributed by atoms with van der Waals surface area (Å²) >= 11 is 0. The average molecular weight is 460 g/mol. The lowest BCUT2D eigenvalue weighted by molar-refractivity contribution is 0.0661. The van der Waals surface area contributed by atoms with Gasteiger partial charge < -0.3 is 20.2 Å². The van der Waals surface area contributed by atoms with Crippen LogP contribution in [0.3, 0.4) is 0 Å². The summed E-state index contributed by atoms with van der Waals surface area (Å²) in [6.07, 6.45) is 0. The quantitative estimate of drug-likeness (QED) is 0.712. The van der Waals surface area contributed by atoms with Crippen molar-refractivity contribution >= 4 is 11.8 Å². The number of amides is 2. The van der Waals surface area contributed by atoms with Gasteiger partial charge in [-0.2, -0.15) is 0 Å². The number of rotatable bonds is 4. The van der Waals surface area contributed by atoms with Crippen LogP contribution in [-0.2, 0) is 19.0 Å². The molecular formula is C23H30FN5O4. The summed E-state index contributed by atoms with van der Waals surface area (Å²) in [5.41, 5.74) is -1.08. The molecule has 2 N–H and O–H groups in total. The van der Waals surface area contributed by atoms with Gasteiger partial charge in [-0.15, -0.1) is 0 Å². The van der Waals surface area contributed by atoms with Crippen LogP contribution in [0.1, 0.15) is 53.0 Å². The number of halogens is 1. The van der Waals surface area contributed by atoms with Gasteiger partial charge in [0.25, 0.3) is 17.4 Å². The van der Waals surface area contributed by atoms with Gasteiger partial charge in [-0.25, -0.2) is 9.37 Å². The van der Waals surface area contributed by atoms with E-state index in [-0.39, 0.29) is 18.0 Å². The van der Waals surface area contributed by atoms with Crippen molar-refractivity contribution < 1.29 is 19.1 Å². The molecule has 1 aliphatic heterocycles. The van der Waals surface area contributed by atoms with Crippen molar-refractivity contribution in [1.82, 2.24) is 24.7 Å². The highest BCUT2D eigenvalue weighted by Crippen LogP contribution is 2.21. The first-order valence-electron chi connectivity index (χ1n) is 10.7. The minimum atomic E-state index is -0.766. The molecule has 0 atom stereocenters. The van der Waals surface area contributed by atoms with Crippen LogP contribution in [0, 0.1) is 5.82 Å². The first-order chi connectivity index (χ1) is 15.4. The van der Waals surface area contributed by atoms with Crippen LogP contribution in [0.5, 0.6) is 5.75 Å². The number of hydrogen-bond donors (Lipinski definition) is 2. The third-order valence-corrected chi connectivity index (χ3v) is 5.69. The summed E-state index contributed by atoms with van der Waals surface area (Å²) in [6.45, 7) is 7.90. The Hall–Kier alpha value is -3.27. The second-order valence-electron chi connectivity index (χ2n) is 9.33. The molecule has 0 bridgehead atoms. The molecule has 1 aromatic heterocycles. The van der Waals surface area contributed by atoms with Crippen LogP contribution < -0.4 is 10.9 Å². The Morgan fingerprint density at radius 1 is 1.15 bits per heavy atom. The second kappa shape index (κ2) is 9.30. The molecule has 1 saturated heterocycles. The zero-order chi connectivity index (χ0) is 24.5. The van der Waals surface area contributed by atoms with Gasteiger partial charge >= 0.3 is 0 Å². The molecule has 10 heteroatoms. The Balaban J connectivity index is 1.85. The first-order valence-corrected chi connectivity index (χ1v) is 10.7. The van der Waals surface area contributed by atoms with Gasteiger partial charge in [0.1, 0.15) is 11.6 Å². The van der Waals surface area contributed by atoms with Gasteiger partial charge in [0, 0.05) is 50.7 Å². The highest BCUT2D eigenvalue weighted by Gasteiger charge is 2.27. The number of nitrogens with one attached hydrogen (secondary N) is 1. The van der Waals surface area contributed by atoms with Crippen molar-refractivity contribution in [2.24, 2.45) is 7.05 Å². The predicted molar refractivity (Wildman–Crippen MR) is 121 cm³/mol. The minimum absolute atomic E-state index is 0.102. The Bertz CT molecular complexity index is 1130. The smallest absolute Gasteiger partial charge is 0.296 e. The fraction of sp³-hybridized carbons (Fsp3) is 0.478. The number of benzene rings is 1. The van der Waals surface area contributed by atoms with Gasteiger partial charge in [-0.05, 0) is 24.7 Å². The molecule has 0 spiro atoms. The number of aromatic nitrogens is 2. The molecule has 33 heavy (non-hydrogen) atoms. The number of carbonyl (C=O) groups excluding carboxylic acids is 2. The third kappa shape index (κ3) is 5.22. The van der Waals surface area contributed by atoms with Crippen molar-refractivity contribution in [1.29, 1.82) is 0 Å².